The van der Waals surface area contributed by atoms with Crippen LogP contribution in [0.15, 0.2) is 53.8 Å². The van der Waals surface area contributed by atoms with E-state index in [9.17, 15) is 4.39 Å². The fourth-order valence-electron chi connectivity index (χ4n) is 5.76. The Hall–Kier alpha value is -3.42. The number of hydrogen-bond acceptors (Lipinski definition) is 6. The molecule has 1 atom stereocenters. The Labute approximate surface area is 192 Å². The van der Waals surface area contributed by atoms with Crippen molar-refractivity contribution in [3.05, 3.63) is 60.2 Å². The van der Waals surface area contributed by atoms with Crippen molar-refractivity contribution in [2.75, 3.05) is 18.0 Å². The van der Waals surface area contributed by atoms with Crippen LogP contribution in [0.3, 0.4) is 0 Å². The van der Waals surface area contributed by atoms with Gasteiger partial charge in [0.05, 0.1) is 11.2 Å². The number of rotatable bonds is 4. The normalized spacial score (nSPS) is 23.3. The minimum Gasteiger partial charge on any atom is -0.370 e. The van der Waals surface area contributed by atoms with E-state index in [4.69, 9.17) is 20.8 Å². The van der Waals surface area contributed by atoms with Crippen LogP contribution >= 0.6 is 0 Å². The van der Waals surface area contributed by atoms with Gasteiger partial charge in [-0.1, -0.05) is 12.8 Å². The van der Waals surface area contributed by atoms with Gasteiger partial charge in [0.2, 0.25) is 5.95 Å². The molecule has 3 aromatic rings. The lowest BCUT2D eigenvalue weighted by Gasteiger charge is -2.35. The lowest BCUT2D eigenvalue weighted by atomic mass is 9.75. The molecule has 7 nitrogen and oxygen atoms in total. The summed E-state index contributed by atoms with van der Waals surface area (Å²) in [6.07, 6.45) is 12.7. The number of nitrogens with one attached hydrogen (secondary N) is 1. The minimum absolute atomic E-state index is 0.266. The van der Waals surface area contributed by atoms with Gasteiger partial charge in [-0.2, -0.15) is 9.61 Å². The first-order chi connectivity index (χ1) is 16.2. The quantitative estimate of drug-likeness (QED) is 0.635. The second kappa shape index (κ2) is 7.86. The second-order valence-electron chi connectivity index (χ2n) is 9.25. The number of nitrogens with two attached hydrogens (primary N) is 1. The van der Waals surface area contributed by atoms with Crippen molar-refractivity contribution in [2.45, 2.75) is 44.1 Å². The number of anilines is 1. The average Bonchev–Trinajstić information content (AvgIpc) is 3.60. The summed E-state index contributed by atoms with van der Waals surface area (Å²) in [7, 11) is 0. The predicted molar refractivity (Wildman–Crippen MR) is 127 cm³/mol. The smallest absolute Gasteiger partial charge is 0.227 e. The van der Waals surface area contributed by atoms with Gasteiger partial charge in [-0.25, -0.2) is 14.4 Å². The van der Waals surface area contributed by atoms with Gasteiger partial charge < -0.3 is 16.0 Å². The average molecular weight is 446 g/mol. The number of hydrogen-bond donors (Lipinski definition) is 2. The third-order valence-corrected chi connectivity index (χ3v) is 7.29. The Kier molecular flexibility index (Phi) is 4.81. The zero-order chi connectivity index (χ0) is 22.4. The van der Waals surface area contributed by atoms with E-state index in [0.29, 0.717) is 11.9 Å². The van der Waals surface area contributed by atoms with Crippen molar-refractivity contribution in [3.63, 3.8) is 0 Å². The largest absolute Gasteiger partial charge is 0.370 e. The summed E-state index contributed by atoms with van der Waals surface area (Å²) < 4.78 is 15.8. The number of benzene rings is 1. The molecule has 1 unspecified atom stereocenters. The van der Waals surface area contributed by atoms with Gasteiger partial charge in [-0.15, -0.1) is 0 Å². The Morgan fingerprint density at radius 1 is 1.03 bits per heavy atom. The van der Waals surface area contributed by atoms with Crippen LogP contribution in [-0.2, 0) is 5.54 Å². The van der Waals surface area contributed by atoms with Gasteiger partial charge in [0, 0.05) is 36.6 Å². The number of aromatic nitrogens is 3. The van der Waals surface area contributed by atoms with Crippen LogP contribution in [0.25, 0.3) is 16.8 Å². The van der Waals surface area contributed by atoms with Crippen LogP contribution in [0.2, 0.25) is 0 Å². The Morgan fingerprint density at radius 3 is 2.52 bits per heavy atom. The molecule has 3 N–H and O–H groups in total. The molecule has 6 rings (SSSR count). The van der Waals surface area contributed by atoms with Gasteiger partial charge in [0.1, 0.15) is 11.4 Å². The lowest BCUT2D eigenvalue weighted by molar-refractivity contribution is 0.348. The van der Waals surface area contributed by atoms with Gasteiger partial charge in [-0.05, 0) is 68.0 Å². The number of aliphatic imine (C=N–C) groups is 1. The van der Waals surface area contributed by atoms with E-state index in [-0.39, 0.29) is 5.82 Å². The molecule has 8 heteroatoms. The van der Waals surface area contributed by atoms with E-state index in [1.165, 1.54) is 25.0 Å². The van der Waals surface area contributed by atoms with Crippen molar-refractivity contribution < 1.29 is 4.39 Å². The SMILES string of the molecule is NC1=NC(c2c(-c3ccc(F)cc3)nn3c(N4CCCC4)nccc23)(C2CCCC2)C=CN1. The van der Waals surface area contributed by atoms with Gasteiger partial charge in [0.15, 0.2) is 5.96 Å². The summed E-state index contributed by atoms with van der Waals surface area (Å²) in [5, 5.41) is 8.14. The van der Waals surface area contributed by atoms with Gasteiger partial charge in [0.25, 0.3) is 0 Å². The zero-order valence-electron chi connectivity index (χ0n) is 18.5. The molecule has 33 heavy (non-hydrogen) atoms. The molecule has 1 aliphatic carbocycles. The molecule has 3 aliphatic rings. The number of fused-ring (bicyclic) bond motifs is 1. The molecular formula is C25H28FN7. The van der Waals surface area contributed by atoms with E-state index in [1.54, 1.807) is 12.1 Å². The van der Waals surface area contributed by atoms with Crippen molar-refractivity contribution in [2.24, 2.45) is 16.6 Å². The minimum atomic E-state index is -0.638. The van der Waals surface area contributed by atoms with E-state index >= 15 is 0 Å². The van der Waals surface area contributed by atoms with Crippen molar-refractivity contribution in [3.8, 4) is 11.3 Å². The standard InChI is InChI=1S/C25H28FN7/c26-19-9-7-17(8-10-19)22-21(25(18-5-1-2-6-18)12-14-28-23(27)30-25)20-11-13-29-24(33(20)31-22)32-15-3-4-16-32/h7-14,18H,1-6,15-16H2,(H3,27,28,30). The highest BCUT2D eigenvalue weighted by molar-refractivity contribution is 5.84. The number of guanidine groups is 1. The van der Waals surface area contributed by atoms with Gasteiger partial charge >= 0.3 is 0 Å². The maximum absolute atomic E-state index is 13.8. The fraction of sp³-hybridized carbons (Fsp3) is 0.400. The highest BCUT2D eigenvalue weighted by Crippen LogP contribution is 2.49. The summed E-state index contributed by atoms with van der Waals surface area (Å²) in [6, 6.07) is 8.59. The molecule has 2 fully saturated rings. The van der Waals surface area contributed by atoms with Crippen LogP contribution in [0.4, 0.5) is 10.3 Å². The topological polar surface area (TPSA) is 83.8 Å². The highest BCUT2D eigenvalue weighted by atomic mass is 19.1. The van der Waals surface area contributed by atoms with Crippen LogP contribution in [0, 0.1) is 11.7 Å². The highest BCUT2D eigenvalue weighted by Gasteiger charge is 2.45. The lowest BCUT2D eigenvalue weighted by Crippen LogP contribution is -2.41. The molecule has 1 aromatic carbocycles. The van der Waals surface area contributed by atoms with Gasteiger partial charge in [-0.3, -0.25) is 0 Å². The van der Waals surface area contributed by atoms with E-state index in [2.05, 4.69) is 16.3 Å². The second-order valence-corrected chi connectivity index (χ2v) is 9.25. The molecule has 2 aromatic heterocycles. The molecule has 4 heterocycles. The summed E-state index contributed by atoms with van der Waals surface area (Å²) in [5.74, 6) is 1.29. The first-order valence-corrected chi connectivity index (χ1v) is 11.8. The number of nitrogens with zero attached hydrogens (tertiary/aromatic N) is 5. The Balaban J connectivity index is 1.66. The summed E-state index contributed by atoms with van der Waals surface area (Å²) in [4.78, 5) is 12.0. The Bertz CT molecular complexity index is 1230. The number of halogens is 1. The maximum Gasteiger partial charge on any atom is 0.227 e. The summed E-state index contributed by atoms with van der Waals surface area (Å²) >= 11 is 0. The molecule has 0 spiro atoms. The molecule has 1 saturated heterocycles. The van der Waals surface area contributed by atoms with Crippen LogP contribution < -0.4 is 16.0 Å². The summed E-state index contributed by atoms with van der Waals surface area (Å²) in [5.41, 5.74) is 9.28. The first kappa shape index (κ1) is 20.2. The molecule has 0 radical (unpaired) electrons. The molecule has 0 bridgehead atoms. The maximum atomic E-state index is 13.8. The van der Waals surface area contributed by atoms with Crippen molar-refractivity contribution in [1.29, 1.82) is 0 Å². The van der Waals surface area contributed by atoms with Crippen LogP contribution in [0.5, 0.6) is 0 Å². The summed E-state index contributed by atoms with van der Waals surface area (Å²) in [6.45, 7) is 1.94. The van der Waals surface area contributed by atoms with Crippen LogP contribution in [-0.4, -0.2) is 33.6 Å². The molecule has 170 valence electrons. The molecule has 2 aliphatic heterocycles. The monoisotopic (exact) mass is 445 g/mol. The molecule has 1 saturated carbocycles. The fourth-order valence-corrected chi connectivity index (χ4v) is 5.76. The predicted octanol–water partition coefficient (Wildman–Crippen LogP) is 3.95. The molecular weight excluding hydrogens is 417 g/mol. The van der Waals surface area contributed by atoms with E-state index < -0.39 is 5.54 Å². The van der Waals surface area contributed by atoms with Crippen molar-refractivity contribution >= 4 is 17.4 Å². The van der Waals surface area contributed by atoms with Crippen LogP contribution in [0.1, 0.15) is 44.1 Å². The zero-order valence-corrected chi connectivity index (χ0v) is 18.5. The van der Waals surface area contributed by atoms with E-state index in [0.717, 1.165) is 67.1 Å². The first-order valence-electron chi connectivity index (χ1n) is 11.8. The van der Waals surface area contributed by atoms with Crippen molar-refractivity contribution in [1.82, 2.24) is 19.9 Å². The Morgan fingerprint density at radius 2 is 1.79 bits per heavy atom. The third kappa shape index (κ3) is 3.27. The van der Waals surface area contributed by atoms with E-state index in [1.807, 2.05) is 23.0 Å². The third-order valence-electron chi connectivity index (χ3n) is 7.29. The molecule has 0 amide bonds.